The number of hydrogen-bond donors (Lipinski definition) is 2. The third-order valence-electron chi connectivity index (χ3n) is 3.45. The fraction of sp³-hybridized carbons (Fsp3) is 0.368. The van der Waals surface area contributed by atoms with Gasteiger partial charge in [-0.3, -0.25) is 9.59 Å². The van der Waals surface area contributed by atoms with Gasteiger partial charge < -0.3 is 20.3 Å². The van der Waals surface area contributed by atoms with Gasteiger partial charge in [-0.15, -0.1) is 13.2 Å². The van der Waals surface area contributed by atoms with Crippen molar-refractivity contribution in [3.8, 4) is 0 Å². The standard InChI is InChI=1S/C19H27N3O3/c1-4-12-22(13-5-2)18(23)15-21-17-9-7-16(8-10-17)19(24)20-11-6-14-25-3/h4-5,7-10,21H,1-2,6,11-15H2,3H3,(H,20,24). The van der Waals surface area contributed by atoms with Gasteiger partial charge in [0.2, 0.25) is 5.91 Å². The van der Waals surface area contributed by atoms with Crippen LogP contribution >= 0.6 is 0 Å². The van der Waals surface area contributed by atoms with Crippen molar-refractivity contribution in [3.63, 3.8) is 0 Å². The van der Waals surface area contributed by atoms with E-state index in [2.05, 4.69) is 23.8 Å². The Morgan fingerprint density at radius 2 is 1.80 bits per heavy atom. The second-order valence-corrected chi connectivity index (χ2v) is 5.41. The van der Waals surface area contributed by atoms with Crippen molar-refractivity contribution < 1.29 is 14.3 Å². The molecule has 0 unspecified atom stereocenters. The van der Waals surface area contributed by atoms with Crippen LogP contribution < -0.4 is 10.6 Å². The molecule has 0 aliphatic heterocycles. The Morgan fingerprint density at radius 3 is 2.36 bits per heavy atom. The molecule has 0 heterocycles. The summed E-state index contributed by atoms with van der Waals surface area (Å²) in [6, 6.07) is 7.01. The minimum absolute atomic E-state index is 0.0419. The quantitative estimate of drug-likeness (QED) is 0.449. The van der Waals surface area contributed by atoms with Crippen molar-refractivity contribution >= 4 is 17.5 Å². The molecule has 0 spiro atoms. The normalized spacial score (nSPS) is 9.96. The number of nitrogens with zero attached hydrogens (tertiary/aromatic N) is 1. The third kappa shape index (κ3) is 7.67. The summed E-state index contributed by atoms with van der Waals surface area (Å²) in [5.74, 6) is -0.165. The molecule has 0 aliphatic rings. The maximum absolute atomic E-state index is 12.1. The van der Waals surface area contributed by atoms with Crippen LogP contribution in [-0.4, -0.2) is 56.6 Å². The number of benzene rings is 1. The summed E-state index contributed by atoms with van der Waals surface area (Å²) in [6.45, 7) is 9.62. The Morgan fingerprint density at radius 1 is 1.16 bits per heavy atom. The van der Waals surface area contributed by atoms with Gasteiger partial charge in [-0.1, -0.05) is 12.2 Å². The Kier molecular flexibility index (Phi) is 9.70. The summed E-state index contributed by atoms with van der Waals surface area (Å²) in [6.07, 6.45) is 4.14. The van der Waals surface area contributed by atoms with Crippen LogP contribution in [0.2, 0.25) is 0 Å². The van der Waals surface area contributed by atoms with E-state index in [-0.39, 0.29) is 18.4 Å². The molecule has 136 valence electrons. The number of hydrogen-bond acceptors (Lipinski definition) is 4. The van der Waals surface area contributed by atoms with Crippen LogP contribution in [0.25, 0.3) is 0 Å². The van der Waals surface area contributed by atoms with Gasteiger partial charge in [-0.2, -0.15) is 0 Å². The molecule has 0 bridgehead atoms. The van der Waals surface area contributed by atoms with Crippen LogP contribution in [0.3, 0.4) is 0 Å². The summed E-state index contributed by atoms with van der Waals surface area (Å²) in [7, 11) is 1.63. The van der Waals surface area contributed by atoms with Gasteiger partial charge in [0.15, 0.2) is 0 Å². The first-order chi connectivity index (χ1) is 12.1. The van der Waals surface area contributed by atoms with Crippen LogP contribution in [0.15, 0.2) is 49.6 Å². The van der Waals surface area contributed by atoms with E-state index in [1.165, 1.54) is 0 Å². The number of anilines is 1. The molecule has 25 heavy (non-hydrogen) atoms. The molecule has 0 radical (unpaired) electrons. The van der Waals surface area contributed by atoms with Crippen LogP contribution in [0, 0.1) is 0 Å². The van der Waals surface area contributed by atoms with Gasteiger partial charge in [0.25, 0.3) is 5.91 Å². The van der Waals surface area contributed by atoms with Gasteiger partial charge in [0.1, 0.15) is 0 Å². The SMILES string of the molecule is C=CCN(CC=C)C(=O)CNc1ccc(C(=O)NCCCOC)cc1. The van der Waals surface area contributed by atoms with Crippen molar-refractivity contribution in [2.45, 2.75) is 6.42 Å². The summed E-state index contributed by atoms with van der Waals surface area (Å²) >= 11 is 0. The van der Waals surface area contributed by atoms with Crippen LogP contribution in [0.5, 0.6) is 0 Å². The van der Waals surface area contributed by atoms with E-state index in [0.29, 0.717) is 31.8 Å². The minimum Gasteiger partial charge on any atom is -0.385 e. The van der Waals surface area contributed by atoms with Crippen molar-refractivity contribution in [3.05, 3.63) is 55.1 Å². The summed E-state index contributed by atoms with van der Waals surface area (Å²) < 4.78 is 4.94. The highest BCUT2D eigenvalue weighted by molar-refractivity contribution is 5.94. The topological polar surface area (TPSA) is 70.7 Å². The molecular formula is C19H27N3O3. The molecule has 0 saturated heterocycles. The third-order valence-corrected chi connectivity index (χ3v) is 3.45. The molecule has 1 aromatic carbocycles. The molecule has 0 atom stereocenters. The highest BCUT2D eigenvalue weighted by Crippen LogP contribution is 2.09. The number of rotatable bonds is 12. The minimum atomic E-state index is -0.123. The van der Waals surface area contributed by atoms with Gasteiger partial charge in [0.05, 0.1) is 6.54 Å². The first-order valence-corrected chi connectivity index (χ1v) is 8.23. The molecule has 1 aromatic rings. The number of carbonyl (C=O) groups excluding carboxylic acids is 2. The fourth-order valence-electron chi connectivity index (χ4n) is 2.14. The van der Waals surface area contributed by atoms with E-state index >= 15 is 0 Å². The van der Waals surface area contributed by atoms with Crippen molar-refractivity contribution in [2.75, 3.05) is 45.2 Å². The Balaban J connectivity index is 2.48. The lowest BCUT2D eigenvalue weighted by atomic mass is 10.2. The zero-order valence-electron chi connectivity index (χ0n) is 14.8. The molecule has 0 fully saturated rings. The van der Waals surface area contributed by atoms with Crippen molar-refractivity contribution in [2.24, 2.45) is 0 Å². The molecular weight excluding hydrogens is 318 g/mol. The van der Waals surface area contributed by atoms with Crippen LogP contribution in [0.4, 0.5) is 5.69 Å². The van der Waals surface area contributed by atoms with Gasteiger partial charge in [-0.25, -0.2) is 0 Å². The molecule has 0 aromatic heterocycles. The second kappa shape index (κ2) is 11.9. The zero-order chi connectivity index (χ0) is 18.5. The summed E-state index contributed by atoms with van der Waals surface area (Å²) in [5, 5.41) is 5.89. The highest BCUT2D eigenvalue weighted by Gasteiger charge is 2.10. The fourth-order valence-corrected chi connectivity index (χ4v) is 2.14. The smallest absolute Gasteiger partial charge is 0.251 e. The molecule has 1 rings (SSSR count). The maximum atomic E-state index is 12.1. The van der Waals surface area contributed by atoms with E-state index < -0.39 is 0 Å². The van der Waals surface area contributed by atoms with Gasteiger partial charge >= 0.3 is 0 Å². The number of methoxy groups -OCH3 is 1. The second-order valence-electron chi connectivity index (χ2n) is 5.41. The average Bonchev–Trinajstić information content (AvgIpc) is 2.63. The summed E-state index contributed by atoms with van der Waals surface area (Å²) in [4.78, 5) is 25.8. The van der Waals surface area contributed by atoms with Gasteiger partial charge in [-0.05, 0) is 30.7 Å². The predicted octanol–water partition coefficient (Wildman–Crippen LogP) is 2.07. The van der Waals surface area contributed by atoms with Crippen LogP contribution in [-0.2, 0) is 9.53 Å². The largest absolute Gasteiger partial charge is 0.385 e. The van der Waals surface area contributed by atoms with E-state index in [1.54, 1.807) is 48.4 Å². The van der Waals surface area contributed by atoms with E-state index in [0.717, 1.165) is 12.1 Å². The molecule has 2 amide bonds. The molecule has 2 N–H and O–H groups in total. The first-order valence-electron chi connectivity index (χ1n) is 8.23. The number of carbonyl (C=O) groups is 2. The lowest BCUT2D eigenvalue weighted by Crippen LogP contribution is -2.35. The lowest BCUT2D eigenvalue weighted by molar-refractivity contribution is -0.128. The average molecular weight is 345 g/mol. The van der Waals surface area contributed by atoms with Crippen molar-refractivity contribution in [1.82, 2.24) is 10.2 Å². The first kappa shape index (κ1) is 20.4. The van der Waals surface area contributed by atoms with E-state index in [1.807, 2.05) is 0 Å². The lowest BCUT2D eigenvalue weighted by Gasteiger charge is -2.19. The Bertz CT molecular complexity index is 560. The zero-order valence-corrected chi connectivity index (χ0v) is 14.8. The molecule has 6 nitrogen and oxygen atoms in total. The number of nitrogens with one attached hydrogen (secondary N) is 2. The van der Waals surface area contributed by atoms with Gasteiger partial charge in [0, 0.05) is 44.6 Å². The number of ether oxygens (including phenoxy) is 1. The van der Waals surface area contributed by atoms with Crippen molar-refractivity contribution in [1.29, 1.82) is 0 Å². The summed E-state index contributed by atoms with van der Waals surface area (Å²) in [5.41, 5.74) is 1.36. The van der Waals surface area contributed by atoms with E-state index in [9.17, 15) is 9.59 Å². The maximum Gasteiger partial charge on any atom is 0.251 e. The Hall–Kier alpha value is -2.60. The molecule has 0 aliphatic carbocycles. The molecule has 6 heteroatoms. The Labute approximate surface area is 149 Å². The predicted molar refractivity (Wildman–Crippen MR) is 101 cm³/mol. The number of amides is 2. The van der Waals surface area contributed by atoms with E-state index in [4.69, 9.17) is 4.74 Å². The monoisotopic (exact) mass is 345 g/mol. The highest BCUT2D eigenvalue weighted by atomic mass is 16.5. The molecule has 0 saturated carbocycles. The van der Waals surface area contributed by atoms with Crippen LogP contribution in [0.1, 0.15) is 16.8 Å².